The summed E-state index contributed by atoms with van der Waals surface area (Å²) in [7, 11) is 0. The van der Waals surface area contributed by atoms with Crippen LogP contribution >= 0.6 is 28.1 Å². The van der Waals surface area contributed by atoms with Crippen LogP contribution in [0, 0.1) is 0 Å². The van der Waals surface area contributed by atoms with E-state index in [1.165, 1.54) is 12.1 Å². The zero-order chi connectivity index (χ0) is 12.3. The van der Waals surface area contributed by atoms with Crippen LogP contribution < -0.4 is 16.6 Å². The Hall–Kier alpha value is -0.860. The van der Waals surface area contributed by atoms with E-state index in [0.717, 1.165) is 6.07 Å². The van der Waals surface area contributed by atoms with Gasteiger partial charge >= 0.3 is 6.18 Å². The van der Waals surface area contributed by atoms with Crippen LogP contribution in [0.5, 0.6) is 0 Å². The standard InChI is InChI=1S/C8H7BrF3N3S/c9-6-2-1-4(14-7(16)15-13)3-5(6)8(10,11)12/h1-3H,13H2,(H2,14,15,16). The van der Waals surface area contributed by atoms with E-state index in [2.05, 4.69) is 38.9 Å². The number of hydrogen-bond acceptors (Lipinski definition) is 2. The molecule has 0 aliphatic carbocycles. The molecule has 88 valence electrons. The van der Waals surface area contributed by atoms with Crippen LogP contribution in [0.1, 0.15) is 5.56 Å². The van der Waals surface area contributed by atoms with E-state index in [1.807, 2.05) is 0 Å². The fourth-order valence-electron chi connectivity index (χ4n) is 0.987. The Balaban J connectivity index is 3.03. The van der Waals surface area contributed by atoms with E-state index in [0.29, 0.717) is 0 Å². The minimum Gasteiger partial charge on any atom is -0.332 e. The number of thiocarbonyl (C=S) groups is 1. The molecule has 0 bridgehead atoms. The van der Waals surface area contributed by atoms with Gasteiger partial charge < -0.3 is 10.7 Å². The lowest BCUT2D eigenvalue weighted by molar-refractivity contribution is -0.138. The number of halogens is 4. The minimum atomic E-state index is -4.42. The Morgan fingerprint density at radius 1 is 1.38 bits per heavy atom. The van der Waals surface area contributed by atoms with E-state index >= 15 is 0 Å². The van der Waals surface area contributed by atoms with Gasteiger partial charge in [0.2, 0.25) is 0 Å². The molecular formula is C8H7BrF3N3S. The molecule has 0 spiro atoms. The summed E-state index contributed by atoms with van der Waals surface area (Å²) in [5.74, 6) is 4.99. The summed E-state index contributed by atoms with van der Waals surface area (Å²) in [6.45, 7) is 0. The third kappa shape index (κ3) is 3.32. The van der Waals surface area contributed by atoms with Crippen LogP contribution in [0.2, 0.25) is 0 Å². The van der Waals surface area contributed by atoms with Gasteiger partial charge in [-0.1, -0.05) is 15.9 Å². The molecule has 3 nitrogen and oxygen atoms in total. The SMILES string of the molecule is NNC(=S)Nc1ccc(Br)c(C(F)(F)F)c1. The highest BCUT2D eigenvalue weighted by molar-refractivity contribution is 9.10. The highest BCUT2D eigenvalue weighted by Crippen LogP contribution is 2.36. The van der Waals surface area contributed by atoms with Gasteiger partial charge in [0.25, 0.3) is 0 Å². The first-order chi connectivity index (χ1) is 7.34. The van der Waals surface area contributed by atoms with E-state index in [-0.39, 0.29) is 15.3 Å². The molecule has 0 saturated carbocycles. The number of nitrogens with two attached hydrogens (primary N) is 1. The van der Waals surface area contributed by atoms with E-state index < -0.39 is 11.7 Å². The summed E-state index contributed by atoms with van der Waals surface area (Å²) < 4.78 is 37.5. The predicted octanol–water partition coefficient (Wildman–Crippen LogP) is 2.63. The molecule has 0 saturated heterocycles. The van der Waals surface area contributed by atoms with Crippen LogP contribution in [0.3, 0.4) is 0 Å². The third-order valence-electron chi connectivity index (χ3n) is 1.66. The number of nitrogens with one attached hydrogen (secondary N) is 2. The predicted molar refractivity (Wildman–Crippen MR) is 62.7 cm³/mol. The zero-order valence-electron chi connectivity index (χ0n) is 7.73. The molecule has 0 amide bonds. The minimum absolute atomic E-state index is 0.0304. The zero-order valence-corrected chi connectivity index (χ0v) is 10.1. The topological polar surface area (TPSA) is 50.1 Å². The summed E-state index contributed by atoms with van der Waals surface area (Å²) in [6, 6.07) is 3.67. The van der Waals surface area contributed by atoms with Crippen LogP contribution in [-0.2, 0) is 6.18 Å². The van der Waals surface area contributed by atoms with Gasteiger partial charge in [-0.3, -0.25) is 0 Å². The van der Waals surface area contributed by atoms with Gasteiger partial charge in [0.15, 0.2) is 5.11 Å². The van der Waals surface area contributed by atoms with E-state index in [1.54, 1.807) is 0 Å². The number of anilines is 1. The van der Waals surface area contributed by atoms with Crippen molar-refractivity contribution < 1.29 is 13.2 Å². The quantitative estimate of drug-likeness (QED) is 0.424. The maximum absolute atomic E-state index is 12.5. The summed E-state index contributed by atoms with van der Waals surface area (Å²) in [4.78, 5) is 0. The molecule has 4 N–H and O–H groups in total. The smallest absolute Gasteiger partial charge is 0.332 e. The average Bonchev–Trinajstić information content (AvgIpc) is 2.19. The lowest BCUT2D eigenvalue weighted by Gasteiger charge is -2.12. The Labute approximate surface area is 103 Å². The lowest BCUT2D eigenvalue weighted by Crippen LogP contribution is -2.34. The van der Waals surface area contributed by atoms with Gasteiger partial charge in [0, 0.05) is 10.2 Å². The maximum Gasteiger partial charge on any atom is 0.417 e. The Bertz CT molecular complexity index is 408. The second kappa shape index (κ2) is 4.98. The first-order valence-corrected chi connectivity index (χ1v) is 5.19. The summed E-state index contributed by atoms with van der Waals surface area (Å²) in [5.41, 5.74) is 1.54. The average molecular weight is 314 g/mol. The second-order valence-corrected chi connectivity index (χ2v) is 4.05. The molecule has 16 heavy (non-hydrogen) atoms. The number of rotatable bonds is 1. The number of hydrogen-bond donors (Lipinski definition) is 3. The van der Waals surface area contributed by atoms with Crippen LogP contribution in [-0.4, -0.2) is 5.11 Å². The van der Waals surface area contributed by atoms with Gasteiger partial charge in [0.1, 0.15) is 0 Å². The molecule has 8 heteroatoms. The van der Waals surface area contributed by atoms with Crippen molar-refractivity contribution in [3.8, 4) is 0 Å². The first kappa shape index (κ1) is 13.2. The molecule has 0 radical (unpaired) electrons. The van der Waals surface area contributed by atoms with Crippen molar-refractivity contribution in [1.29, 1.82) is 0 Å². The van der Waals surface area contributed by atoms with Crippen LogP contribution in [0.4, 0.5) is 18.9 Å². The van der Waals surface area contributed by atoms with E-state index in [9.17, 15) is 13.2 Å². The van der Waals surface area contributed by atoms with Crippen molar-refractivity contribution in [1.82, 2.24) is 5.43 Å². The fourth-order valence-corrected chi connectivity index (χ4v) is 1.58. The highest BCUT2D eigenvalue weighted by atomic mass is 79.9. The number of benzene rings is 1. The van der Waals surface area contributed by atoms with Crippen LogP contribution in [0.15, 0.2) is 22.7 Å². The molecule has 0 aliphatic rings. The summed E-state index contributed by atoms with van der Waals surface area (Å²) >= 11 is 7.50. The molecule has 0 fully saturated rings. The van der Waals surface area contributed by atoms with Crippen molar-refractivity contribution in [3.63, 3.8) is 0 Å². The molecular weight excluding hydrogens is 307 g/mol. The fraction of sp³-hybridized carbons (Fsp3) is 0.125. The van der Waals surface area contributed by atoms with Crippen molar-refractivity contribution in [3.05, 3.63) is 28.2 Å². The van der Waals surface area contributed by atoms with Gasteiger partial charge in [0.05, 0.1) is 5.56 Å². The Morgan fingerprint density at radius 3 is 2.50 bits per heavy atom. The Kier molecular flexibility index (Phi) is 4.11. The first-order valence-electron chi connectivity index (χ1n) is 3.99. The largest absolute Gasteiger partial charge is 0.417 e. The van der Waals surface area contributed by atoms with Gasteiger partial charge in [-0.2, -0.15) is 13.2 Å². The third-order valence-corrected chi connectivity index (χ3v) is 2.57. The number of hydrazine groups is 1. The van der Waals surface area contributed by atoms with Crippen molar-refractivity contribution in [2.75, 3.05) is 5.32 Å². The summed E-state index contributed by atoms with van der Waals surface area (Å²) in [6.07, 6.45) is -4.42. The Morgan fingerprint density at radius 2 is 2.00 bits per heavy atom. The molecule has 1 aromatic carbocycles. The molecule has 1 rings (SSSR count). The molecule has 0 aromatic heterocycles. The van der Waals surface area contributed by atoms with Crippen molar-refractivity contribution in [2.45, 2.75) is 6.18 Å². The highest BCUT2D eigenvalue weighted by Gasteiger charge is 2.33. The van der Waals surface area contributed by atoms with Crippen molar-refractivity contribution >= 4 is 38.9 Å². The van der Waals surface area contributed by atoms with Gasteiger partial charge in [-0.25, -0.2) is 5.84 Å². The molecule has 0 heterocycles. The van der Waals surface area contributed by atoms with Gasteiger partial charge in [-0.15, -0.1) is 0 Å². The van der Waals surface area contributed by atoms with Crippen molar-refractivity contribution in [2.24, 2.45) is 5.84 Å². The molecule has 1 aromatic rings. The summed E-state index contributed by atoms with van der Waals surface area (Å²) in [5, 5.41) is 2.54. The van der Waals surface area contributed by atoms with Gasteiger partial charge in [-0.05, 0) is 30.4 Å². The molecule has 0 atom stereocenters. The number of alkyl halides is 3. The van der Waals surface area contributed by atoms with E-state index in [4.69, 9.17) is 5.84 Å². The normalized spacial score (nSPS) is 11.1. The monoisotopic (exact) mass is 313 g/mol. The second-order valence-electron chi connectivity index (χ2n) is 2.79. The van der Waals surface area contributed by atoms with Crippen LogP contribution in [0.25, 0.3) is 0 Å². The molecule has 0 aliphatic heterocycles. The lowest BCUT2D eigenvalue weighted by atomic mass is 10.2. The molecule has 0 unspecified atom stereocenters. The maximum atomic E-state index is 12.5.